The number of benzene rings is 1. The molecule has 0 spiro atoms. The molecular formula is C14H14FNO2. The molecule has 1 aromatic carbocycles. The van der Waals surface area contributed by atoms with E-state index in [1.807, 2.05) is 0 Å². The summed E-state index contributed by atoms with van der Waals surface area (Å²) >= 11 is 0. The maximum Gasteiger partial charge on any atom is 0.349 e. The Hall–Kier alpha value is -2.15. The molecule has 0 aromatic heterocycles. The minimum Gasteiger partial charge on any atom is -0.456 e. The van der Waals surface area contributed by atoms with Crippen molar-refractivity contribution in [3.05, 3.63) is 41.2 Å². The van der Waals surface area contributed by atoms with Gasteiger partial charge in [0.15, 0.2) is 0 Å². The van der Waals surface area contributed by atoms with Crippen molar-refractivity contribution in [2.24, 2.45) is 0 Å². The molecule has 94 valence electrons. The van der Waals surface area contributed by atoms with Crippen LogP contribution in [0.25, 0.3) is 6.08 Å². The van der Waals surface area contributed by atoms with E-state index in [1.54, 1.807) is 26.8 Å². The van der Waals surface area contributed by atoms with E-state index in [4.69, 9.17) is 10.00 Å². The zero-order chi connectivity index (χ0) is 13.8. The van der Waals surface area contributed by atoms with Gasteiger partial charge in [0.1, 0.15) is 23.1 Å². The quantitative estimate of drug-likeness (QED) is 0.458. The maximum absolute atomic E-state index is 12.7. The van der Waals surface area contributed by atoms with Gasteiger partial charge in [0, 0.05) is 0 Å². The predicted octanol–water partition coefficient (Wildman–Crippen LogP) is 3.07. The molecule has 0 saturated heterocycles. The number of esters is 1. The van der Waals surface area contributed by atoms with Gasteiger partial charge in [-0.05, 0) is 44.5 Å². The molecule has 18 heavy (non-hydrogen) atoms. The second kappa shape index (κ2) is 5.46. The smallest absolute Gasteiger partial charge is 0.349 e. The number of carbonyl (C=O) groups is 1. The summed E-state index contributed by atoms with van der Waals surface area (Å²) in [5, 5.41) is 8.92. The molecule has 0 unspecified atom stereocenters. The van der Waals surface area contributed by atoms with E-state index in [2.05, 4.69) is 0 Å². The van der Waals surface area contributed by atoms with Crippen molar-refractivity contribution in [1.82, 2.24) is 0 Å². The Morgan fingerprint density at radius 3 is 2.33 bits per heavy atom. The number of rotatable bonds is 2. The van der Waals surface area contributed by atoms with Crippen molar-refractivity contribution in [2.75, 3.05) is 0 Å². The number of nitrogens with zero attached hydrogens (tertiary/aromatic N) is 1. The number of halogens is 1. The summed E-state index contributed by atoms with van der Waals surface area (Å²) in [5.41, 5.74) is -0.203. The summed E-state index contributed by atoms with van der Waals surface area (Å²) < 4.78 is 17.8. The van der Waals surface area contributed by atoms with Crippen molar-refractivity contribution >= 4 is 12.0 Å². The third-order valence-electron chi connectivity index (χ3n) is 1.92. The molecule has 0 radical (unpaired) electrons. The lowest BCUT2D eigenvalue weighted by Gasteiger charge is -2.18. The van der Waals surface area contributed by atoms with Gasteiger partial charge in [-0.2, -0.15) is 5.26 Å². The summed E-state index contributed by atoms with van der Waals surface area (Å²) in [5.74, 6) is -1.06. The van der Waals surface area contributed by atoms with Gasteiger partial charge in [-0.1, -0.05) is 12.1 Å². The van der Waals surface area contributed by atoms with E-state index in [9.17, 15) is 9.18 Å². The van der Waals surface area contributed by atoms with Crippen LogP contribution >= 0.6 is 0 Å². The van der Waals surface area contributed by atoms with E-state index in [1.165, 1.54) is 30.3 Å². The van der Waals surface area contributed by atoms with Gasteiger partial charge in [0.25, 0.3) is 0 Å². The molecule has 0 heterocycles. The third-order valence-corrected chi connectivity index (χ3v) is 1.92. The zero-order valence-corrected chi connectivity index (χ0v) is 10.5. The molecule has 0 N–H and O–H groups in total. The highest BCUT2D eigenvalue weighted by atomic mass is 19.1. The Labute approximate surface area is 105 Å². The third kappa shape index (κ3) is 4.38. The largest absolute Gasteiger partial charge is 0.456 e. The molecule has 0 fully saturated rings. The molecule has 0 aliphatic rings. The fraction of sp³-hybridized carbons (Fsp3) is 0.286. The second-order valence-electron chi connectivity index (χ2n) is 4.72. The molecule has 0 saturated carbocycles. The molecule has 0 aliphatic carbocycles. The highest BCUT2D eigenvalue weighted by Crippen LogP contribution is 2.13. The SMILES string of the molecule is CC(C)(C)OC(=O)/C(C#N)=C\c1ccc(F)cc1. The molecule has 1 rings (SSSR count). The van der Waals surface area contributed by atoms with E-state index in [0.717, 1.165) is 0 Å². The monoisotopic (exact) mass is 247 g/mol. The van der Waals surface area contributed by atoms with Crippen molar-refractivity contribution in [2.45, 2.75) is 26.4 Å². The van der Waals surface area contributed by atoms with E-state index < -0.39 is 11.6 Å². The topological polar surface area (TPSA) is 50.1 Å². The number of nitriles is 1. The van der Waals surface area contributed by atoms with Gasteiger partial charge in [-0.3, -0.25) is 0 Å². The van der Waals surface area contributed by atoms with E-state index in [-0.39, 0.29) is 11.4 Å². The summed E-state index contributed by atoms with van der Waals surface area (Å²) in [6, 6.07) is 7.27. The number of hydrogen-bond donors (Lipinski definition) is 0. The molecule has 0 amide bonds. The number of hydrogen-bond acceptors (Lipinski definition) is 3. The minimum absolute atomic E-state index is 0.114. The van der Waals surface area contributed by atoms with Gasteiger partial charge in [-0.25, -0.2) is 9.18 Å². The first-order valence-electron chi connectivity index (χ1n) is 5.42. The second-order valence-corrected chi connectivity index (χ2v) is 4.72. The number of ether oxygens (including phenoxy) is 1. The van der Waals surface area contributed by atoms with E-state index in [0.29, 0.717) is 5.56 Å². The lowest BCUT2D eigenvalue weighted by molar-refractivity contribution is -0.149. The highest BCUT2D eigenvalue weighted by molar-refractivity contribution is 5.98. The molecule has 0 atom stereocenters. The van der Waals surface area contributed by atoms with Gasteiger partial charge >= 0.3 is 5.97 Å². The Balaban J connectivity index is 2.94. The average molecular weight is 247 g/mol. The summed E-state index contributed by atoms with van der Waals surface area (Å²) in [4.78, 5) is 11.7. The van der Waals surface area contributed by atoms with Gasteiger partial charge in [-0.15, -0.1) is 0 Å². The van der Waals surface area contributed by atoms with Crippen molar-refractivity contribution < 1.29 is 13.9 Å². The van der Waals surface area contributed by atoms with Crippen LogP contribution in [0, 0.1) is 17.1 Å². The van der Waals surface area contributed by atoms with Crippen LogP contribution in [0.2, 0.25) is 0 Å². The van der Waals surface area contributed by atoms with Crippen molar-refractivity contribution in [3.63, 3.8) is 0 Å². The van der Waals surface area contributed by atoms with Crippen LogP contribution in [-0.2, 0) is 9.53 Å². The Bertz CT molecular complexity index is 504. The Morgan fingerprint density at radius 2 is 1.89 bits per heavy atom. The lowest BCUT2D eigenvalue weighted by atomic mass is 10.1. The number of carbonyl (C=O) groups excluding carboxylic acids is 1. The molecule has 0 bridgehead atoms. The summed E-state index contributed by atoms with van der Waals surface area (Å²) in [7, 11) is 0. The van der Waals surface area contributed by atoms with Crippen molar-refractivity contribution in [3.8, 4) is 6.07 Å². The van der Waals surface area contributed by atoms with Crippen LogP contribution in [0.1, 0.15) is 26.3 Å². The van der Waals surface area contributed by atoms with Crippen molar-refractivity contribution in [1.29, 1.82) is 5.26 Å². The minimum atomic E-state index is -0.686. The molecular weight excluding hydrogens is 233 g/mol. The normalized spacial score (nSPS) is 11.8. The maximum atomic E-state index is 12.7. The summed E-state index contributed by atoms with van der Waals surface area (Å²) in [6.07, 6.45) is 1.37. The van der Waals surface area contributed by atoms with Crippen LogP contribution in [0.3, 0.4) is 0 Å². The highest BCUT2D eigenvalue weighted by Gasteiger charge is 2.19. The molecule has 3 nitrogen and oxygen atoms in total. The summed E-state index contributed by atoms with van der Waals surface area (Å²) in [6.45, 7) is 5.16. The van der Waals surface area contributed by atoms with Crippen LogP contribution in [0.4, 0.5) is 4.39 Å². The first-order chi connectivity index (χ1) is 8.31. The fourth-order valence-corrected chi connectivity index (χ4v) is 1.20. The predicted molar refractivity (Wildman–Crippen MR) is 65.8 cm³/mol. The van der Waals surface area contributed by atoms with Crippen LogP contribution in [0.5, 0.6) is 0 Å². The molecule has 0 aliphatic heterocycles. The van der Waals surface area contributed by atoms with Gasteiger partial charge < -0.3 is 4.74 Å². The standard InChI is InChI=1S/C14H14FNO2/c1-14(2,3)18-13(17)11(9-16)8-10-4-6-12(15)7-5-10/h4-8H,1-3H3/b11-8-. The van der Waals surface area contributed by atoms with Crippen LogP contribution in [0.15, 0.2) is 29.8 Å². The van der Waals surface area contributed by atoms with Gasteiger partial charge in [0.05, 0.1) is 0 Å². The fourth-order valence-electron chi connectivity index (χ4n) is 1.20. The van der Waals surface area contributed by atoms with Crippen LogP contribution in [-0.4, -0.2) is 11.6 Å². The zero-order valence-electron chi connectivity index (χ0n) is 10.5. The Morgan fingerprint density at radius 1 is 1.33 bits per heavy atom. The lowest BCUT2D eigenvalue weighted by Crippen LogP contribution is -2.24. The first-order valence-corrected chi connectivity index (χ1v) is 5.42. The average Bonchev–Trinajstić information content (AvgIpc) is 2.25. The molecule has 4 heteroatoms. The molecule has 1 aromatic rings. The van der Waals surface area contributed by atoms with Crippen LogP contribution < -0.4 is 0 Å². The first kappa shape index (κ1) is 13.9. The van der Waals surface area contributed by atoms with E-state index >= 15 is 0 Å². The Kier molecular flexibility index (Phi) is 4.22. The van der Waals surface area contributed by atoms with Gasteiger partial charge in [0.2, 0.25) is 0 Å².